The molecule has 0 aliphatic rings. The third-order valence-corrected chi connectivity index (χ3v) is 4.17. The van der Waals surface area contributed by atoms with Crippen molar-refractivity contribution in [1.82, 2.24) is 4.57 Å². The first kappa shape index (κ1) is 15.2. The number of anilines is 1. The van der Waals surface area contributed by atoms with Crippen LogP contribution in [0.25, 0.3) is 21.9 Å². The fourth-order valence-electron chi connectivity index (χ4n) is 2.93. The molecule has 0 radical (unpaired) electrons. The molecule has 25 heavy (non-hydrogen) atoms. The largest absolute Gasteiger partial charge is 0.419 e. The SMILES string of the molecule is O=C(CCn1c(=O)oc2ccccc21)Nc1ccc2ccccc2c1. The molecule has 0 bridgehead atoms. The second-order valence-electron chi connectivity index (χ2n) is 5.85. The number of para-hydroxylation sites is 2. The van der Waals surface area contributed by atoms with E-state index in [4.69, 9.17) is 4.42 Å². The second-order valence-corrected chi connectivity index (χ2v) is 5.85. The fraction of sp³-hybridized carbons (Fsp3) is 0.100. The van der Waals surface area contributed by atoms with Gasteiger partial charge in [-0.1, -0.05) is 42.5 Å². The first-order valence-corrected chi connectivity index (χ1v) is 8.08. The van der Waals surface area contributed by atoms with Crippen LogP contribution in [-0.4, -0.2) is 10.5 Å². The highest BCUT2D eigenvalue weighted by Gasteiger charge is 2.10. The Morgan fingerprint density at radius 2 is 1.72 bits per heavy atom. The number of nitrogens with one attached hydrogen (secondary N) is 1. The summed E-state index contributed by atoms with van der Waals surface area (Å²) in [5.74, 6) is -0.591. The minimum Gasteiger partial charge on any atom is -0.408 e. The van der Waals surface area contributed by atoms with E-state index < -0.39 is 5.76 Å². The summed E-state index contributed by atoms with van der Waals surface area (Å²) in [7, 11) is 0. The van der Waals surface area contributed by atoms with Crippen molar-refractivity contribution in [2.75, 3.05) is 5.32 Å². The van der Waals surface area contributed by atoms with Crippen molar-refractivity contribution in [1.29, 1.82) is 0 Å². The molecular weight excluding hydrogens is 316 g/mol. The minimum absolute atomic E-state index is 0.146. The number of aryl methyl sites for hydroxylation is 1. The van der Waals surface area contributed by atoms with Gasteiger partial charge in [0.05, 0.1) is 5.52 Å². The number of benzene rings is 3. The van der Waals surface area contributed by atoms with E-state index in [1.165, 1.54) is 4.57 Å². The highest BCUT2D eigenvalue weighted by molar-refractivity contribution is 5.94. The lowest BCUT2D eigenvalue weighted by Gasteiger charge is -2.07. The maximum absolute atomic E-state index is 12.2. The van der Waals surface area contributed by atoms with E-state index in [0.717, 1.165) is 16.5 Å². The first-order valence-electron chi connectivity index (χ1n) is 8.08. The molecule has 1 aromatic heterocycles. The Kier molecular flexibility index (Phi) is 3.82. The van der Waals surface area contributed by atoms with Crippen LogP contribution in [0.2, 0.25) is 0 Å². The molecule has 0 fully saturated rings. The van der Waals surface area contributed by atoms with Gasteiger partial charge in [0.25, 0.3) is 0 Å². The fourth-order valence-corrected chi connectivity index (χ4v) is 2.93. The molecule has 1 N–H and O–H groups in total. The monoisotopic (exact) mass is 332 g/mol. The predicted molar refractivity (Wildman–Crippen MR) is 97.7 cm³/mol. The van der Waals surface area contributed by atoms with Crippen LogP contribution in [0.15, 0.2) is 75.9 Å². The Hall–Kier alpha value is -3.34. The maximum Gasteiger partial charge on any atom is 0.419 e. The molecule has 124 valence electrons. The summed E-state index contributed by atoms with van der Waals surface area (Å²) in [6.45, 7) is 0.273. The van der Waals surface area contributed by atoms with Crippen molar-refractivity contribution in [3.05, 3.63) is 77.3 Å². The van der Waals surface area contributed by atoms with Crippen molar-refractivity contribution in [3.63, 3.8) is 0 Å². The lowest BCUT2D eigenvalue weighted by Crippen LogP contribution is -2.19. The van der Waals surface area contributed by atoms with Gasteiger partial charge in [0, 0.05) is 18.7 Å². The van der Waals surface area contributed by atoms with Crippen LogP contribution in [-0.2, 0) is 11.3 Å². The Morgan fingerprint density at radius 1 is 0.960 bits per heavy atom. The van der Waals surface area contributed by atoms with Gasteiger partial charge < -0.3 is 9.73 Å². The average molecular weight is 332 g/mol. The molecule has 4 rings (SSSR count). The number of rotatable bonds is 4. The van der Waals surface area contributed by atoms with Crippen molar-refractivity contribution >= 4 is 33.5 Å². The summed E-state index contributed by atoms with van der Waals surface area (Å²) in [4.78, 5) is 24.2. The lowest BCUT2D eigenvalue weighted by molar-refractivity contribution is -0.116. The topological polar surface area (TPSA) is 64.2 Å². The summed E-state index contributed by atoms with van der Waals surface area (Å²) in [6.07, 6.45) is 0.191. The number of aromatic nitrogens is 1. The van der Waals surface area contributed by atoms with Gasteiger partial charge in [-0.25, -0.2) is 4.79 Å². The standard InChI is InChI=1S/C20H16N2O3/c23-19(21-16-10-9-14-5-1-2-6-15(14)13-16)11-12-22-17-7-3-4-8-18(17)25-20(22)24/h1-10,13H,11-12H2,(H,21,23). The Balaban J connectivity index is 1.48. The van der Waals surface area contributed by atoms with Crippen LogP contribution >= 0.6 is 0 Å². The molecule has 0 aliphatic carbocycles. The van der Waals surface area contributed by atoms with Crippen LogP contribution in [0.5, 0.6) is 0 Å². The Bertz CT molecular complexity index is 1120. The van der Waals surface area contributed by atoms with Gasteiger partial charge in [-0.05, 0) is 35.0 Å². The average Bonchev–Trinajstić information content (AvgIpc) is 2.95. The summed E-state index contributed by atoms with van der Waals surface area (Å²) < 4.78 is 6.65. The lowest BCUT2D eigenvalue weighted by atomic mass is 10.1. The van der Waals surface area contributed by atoms with Gasteiger partial charge in [0.2, 0.25) is 5.91 Å². The smallest absolute Gasteiger partial charge is 0.408 e. The van der Waals surface area contributed by atoms with Crippen molar-refractivity contribution in [2.24, 2.45) is 0 Å². The number of amides is 1. The van der Waals surface area contributed by atoms with Gasteiger partial charge in [-0.2, -0.15) is 0 Å². The highest BCUT2D eigenvalue weighted by Crippen LogP contribution is 2.19. The molecule has 1 heterocycles. The van der Waals surface area contributed by atoms with E-state index in [1.54, 1.807) is 6.07 Å². The van der Waals surface area contributed by atoms with Gasteiger partial charge >= 0.3 is 5.76 Å². The number of carbonyl (C=O) groups excluding carboxylic acids is 1. The predicted octanol–water partition coefficient (Wildman–Crippen LogP) is 3.78. The normalized spacial score (nSPS) is 11.0. The number of hydrogen-bond acceptors (Lipinski definition) is 3. The number of oxazole rings is 1. The molecular formula is C20H16N2O3. The van der Waals surface area contributed by atoms with Crippen molar-refractivity contribution in [2.45, 2.75) is 13.0 Å². The highest BCUT2D eigenvalue weighted by atomic mass is 16.4. The molecule has 0 spiro atoms. The van der Waals surface area contributed by atoms with Gasteiger partial charge in [0.15, 0.2) is 5.58 Å². The van der Waals surface area contributed by atoms with Crippen LogP contribution in [0.3, 0.4) is 0 Å². The van der Waals surface area contributed by atoms with Gasteiger partial charge in [-0.15, -0.1) is 0 Å². The quantitative estimate of drug-likeness (QED) is 0.618. The zero-order valence-corrected chi connectivity index (χ0v) is 13.4. The summed E-state index contributed by atoms with van der Waals surface area (Å²) in [5, 5.41) is 5.07. The van der Waals surface area contributed by atoms with Crippen LogP contribution < -0.4 is 11.1 Å². The van der Waals surface area contributed by atoms with E-state index in [0.29, 0.717) is 11.1 Å². The summed E-state index contributed by atoms with van der Waals surface area (Å²) in [5.41, 5.74) is 1.97. The number of nitrogens with zero attached hydrogens (tertiary/aromatic N) is 1. The first-order chi connectivity index (χ1) is 12.2. The summed E-state index contributed by atoms with van der Waals surface area (Å²) in [6, 6.07) is 20.9. The van der Waals surface area contributed by atoms with E-state index in [9.17, 15) is 9.59 Å². The number of fused-ring (bicyclic) bond motifs is 2. The van der Waals surface area contributed by atoms with E-state index in [1.807, 2.05) is 60.7 Å². The summed E-state index contributed by atoms with van der Waals surface area (Å²) >= 11 is 0. The van der Waals surface area contributed by atoms with E-state index in [2.05, 4.69) is 5.32 Å². The van der Waals surface area contributed by atoms with E-state index >= 15 is 0 Å². The molecule has 5 nitrogen and oxygen atoms in total. The molecule has 5 heteroatoms. The van der Waals surface area contributed by atoms with Gasteiger partial charge in [0.1, 0.15) is 0 Å². The molecule has 0 saturated heterocycles. The van der Waals surface area contributed by atoms with E-state index in [-0.39, 0.29) is 18.9 Å². The van der Waals surface area contributed by atoms with Crippen LogP contribution in [0.4, 0.5) is 5.69 Å². The molecule has 0 unspecified atom stereocenters. The number of hydrogen-bond donors (Lipinski definition) is 1. The molecule has 0 atom stereocenters. The number of carbonyl (C=O) groups is 1. The zero-order valence-electron chi connectivity index (χ0n) is 13.4. The maximum atomic E-state index is 12.2. The van der Waals surface area contributed by atoms with Crippen LogP contribution in [0.1, 0.15) is 6.42 Å². The molecule has 4 aromatic rings. The third-order valence-electron chi connectivity index (χ3n) is 4.17. The third kappa shape index (κ3) is 3.04. The minimum atomic E-state index is -0.445. The Morgan fingerprint density at radius 3 is 2.60 bits per heavy atom. The molecule has 0 saturated carbocycles. The van der Waals surface area contributed by atoms with Crippen molar-refractivity contribution in [3.8, 4) is 0 Å². The molecule has 0 aliphatic heterocycles. The molecule has 1 amide bonds. The molecule has 3 aromatic carbocycles. The zero-order chi connectivity index (χ0) is 17.2. The van der Waals surface area contributed by atoms with Gasteiger partial charge in [-0.3, -0.25) is 9.36 Å². The van der Waals surface area contributed by atoms with Crippen molar-refractivity contribution < 1.29 is 9.21 Å². The Labute approximate surface area is 143 Å². The second kappa shape index (κ2) is 6.28. The van der Waals surface area contributed by atoms with Crippen LogP contribution in [0, 0.1) is 0 Å².